The molecule has 3 aromatic rings. The zero-order valence-corrected chi connectivity index (χ0v) is 14.7. The van der Waals surface area contributed by atoms with Crippen LogP contribution in [0.4, 0.5) is 0 Å². The largest absolute Gasteiger partial charge is 0.454 e. The second-order valence-corrected chi connectivity index (χ2v) is 6.89. The Labute approximate surface area is 149 Å². The Balaban J connectivity index is 1.83. The van der Waals surface area contributed by atoms with Crippen molar-refractivity contribution in [2.45, 2.75) is 38.4 Å². The Hall–Kier alpha value is -1.53. The molecule has 0 N–H and O–H groups in total. The molecular formula is C17H16Cl2N2O3. The predicted octanol–water partition coefficient (Wildman–Crippen LogP) is 4.61. The SMILES string of the molecule is CC1OC(Cn2ccnc2)(c2cc3cc(Cl)cc(Cl)c3o2)OC1C. The Morgan fingerprint density at radius 2 is 1.92 bits per heavy atom. The lowest BCUT2D eigenvalue weighted by molar-refractivity contribution is -0.203. The van der Waals surface area contributed by atoms with Crippen LogP contribution in [-0.4, -0.2) is 21.8 Å². The van der Waals surface area contributed by atoms with Crippen LogP contribution < -0.4 is 0 Å². The van der Waals surface area contributed by atoms with E-state index >= 15 is 0 Å². The number of aromatic nitrogens is 2. The predicted molar refractivity (Wildman–Crippen MR) is 91.2 cm³/mol. The highest BCUT2D eigenvalue weighted by Crippen LogP contribution is 2.42. The summed E-state index contributed by atoms with van der Waals surface area (Å²) in [5, 5.41) is 1.83. The van der Waals surface area contributed by atoms with E-state index < -0.39 is 5.79 Å². The first-order chi connectivity index (χ1) is 11.5. The van der Waals surface area contributed by atoms with E-state index in [1.165, 1.54) is 0 Å². The first kappa shape index (κ1) is 16.0. The second-order valence-electron chi connectivity index (χ2n) is 6.05. The number of ether oxygens (including phenoxy) is 2. The maximum absolute atomic E-state index is 6.25. The van der Waals surface area contributed by atoms with Crippen molar-refractivity contribution < 1.29 is 13.9 Å². The molecule has 1 fully saturated rings. The van der Waals surface area contributed by atoms with Gasteiger partial charge in [-0.3, -0.25) is 0 Å². The van der Waals surface area contributed by atoms with Crippen molar-refractivity contribution in [2.24, 2.45) is 0 Å². The third kappa shape index (κ3) is 2.62. The van der Waals surface area contributed by atoms with Gasteiger partial charge in [-0.05, 0) is 32.0 Å². The van der Waals surface area contributed by atoms with Crippen LogP contribution in [0.1, 0.15) is 19.6 Å². The molecule has 2 atom stereocenters. The van der Waals surface area contributed by atoms with Crippen LogP contribution in [0, 0.1) is 0 Å². The number of furan rings is 1. The van der Waals surface area contributed by atoms with Crippen LogP contribution in [0.3, 0.4) is 0 Å². The Morgan fingerprint density at radius 1 is 1.17 bits per heavy atom. The molecule has 0 spiro atoms. The molecule has 1 saturated heterocycles. The molecule has 1 aliphatic heterocycles. The smallest absolute Gasteiger partial charge is 0.247 e. The lowest BCUT2D eigenvalue weighted by Crippen LogP contribution is -2.32. The summed E-state index contributed by atoms with van der Waals surface area (Å²) in [6, 6.07) is 5.33. The van der Waals surface area contributed by atoms with Crippen molar-refractivity contribution in [3.8, 4) is 0 Å². The zero-order chi connectivity index (χ0) is 16.9. The normalized spacial score (nSPS) is 27.2. The van der Waals surface area contributed by atoms with E-state index in [4.69, 9.17) is 37.1 Å². The number of hydrogen-bond donors (Lipinski definition) is 0. The molecule has 24 heavy (non-hydrogen) atoms. The lowest BCUT2D eigenvalue weighted by Gasteiger charge is -2.26. The molecule has 2 unspecified atom stereocenters. The molecule has 1 aromatic carbocycles. The number of nitrogens with zero attached hydrogens (tertiary/aromatic N) is 2. The van der Waals surface area contributed by atoms with Gasteiger partial charge in [-0.15, -0.1) is 0 Å². The highest BCUT2D eigenvalue weighted by Gasteiger charge is 2.48. The number of fused-ring (bicyclic) bond motifs is 1. The minimum absolute atomic E-state index is 0.0687. The van der Waals surface area contributed by atoms with E-state index in [1.54, 1.807) is 18.6 Å². The summed E-state index contributed by atoms with van der Waals surface area (Å²) in [4.78, 5) is 4.08. The van der Waals surface area contributed by atoms with E-state index in [-0.39, 0.29) is 12.2 Å². The summed E-state index contributed by atoms with van der Waals surface area (Å²) in [7, 11) is 0. The Kier molecular flexibility index (Phi) is 3.84. The van der Waals surface area contributed by atoms with Gasteiger partial charge in [0.15, 0.2) is 11.3 Å². The third-order valence-corrected chi connectivity index (χ3v) is 4.77. The summed E-state index contributed by atoms with van der Waals surface area (Å²) in [5.41, 5.74) is 0.570. The molecule has 4 rings (SSSR count). The van der Waals surface area contributed by atoms with Gasteiger partial charge >= 0.3 is 0 Å². The van der Waals surface area contributed by atoms with Gasteiger partial charge in [0.1, 0.15) is 0 Å². The van der Waals surface area contributed by atoms with E-state index in [9.17, 15) is 0 Å². The topological polar surface area (TPSA) is 49.4 Å². The molecule has 0 amide bonds. The summed E-state index contributed by atoms with van der Waals surface area (Å²) < 4.78 is 20.3. The maximum atomic E-state index is 6.25. The minimum Gasteiger partial charge on any atom is -0.454 e. The zero-order valence-electron chi connectivity index (χ0n) is 13.2. The number of halogens is 2. The van der Waals surface area contributed by atoms with Crippen LogP contribution in [0.25, 0.3) is 11.0 Å². The summed E-state index contributed by atoms with van der Waals surface area (Å²) in [5.74, 6) is -0.472. The first-order valence-corrected chi connectivity index (χ1v) is 8.43. The minimum atomic E-state index is -1.03. The van der Waals surface area contributed by atoms with Crippen LogP contribution in [0.5, 0.6) is 0 Å². The van der Waals surface area contributed by atoms with Gasteiger partial charge in [-0.2, -0.15) is 0 Å². The highest BCUT2D eigenvalue weighted by molar-refractivity contribution is 6.38. The molecule has 1 aliphatic rings. The van der Waals surface area contributed by atoms with Crippen LogP contribution in [0.2, 0.25) is 10.0 Å². The first-order valence-electron chi connectivity index (χ1n) is 7.67. The van der Waals surface area contributed by atoms with Crippen LogP contribution >= 0.6 is 23.2 Å². The molecule has 0 radical (unpaired) electrons. The molecule has 2 aromatic heterocycles. The summed E-state index contributed by atoms with van der Waals surface area (Å²) in [6.45, 7) is 4.38. The molecule has 5 nitrogen and oxygen atoms in total. The van der Waals surface area contributed by atoms with Gasteiger partial charge in [-0.25, -0.2) is 4.98 Å². The van der Waals surface area contributed by atoms with Gasteiger partial charge in [0, 0.05) is 22.8 Å². The number of imidazole rings is 1. The number of rotatable bonds is 3. The fourth-order valence-electron chi connectivity index (χ4n) is 2.97. The van der Waals surface area contributed by atoms with Crippen molar-refractivity contribution in [2.75, 3.05) is 0 Å². The highest BCUT2D eigenvalue weighted by atomic mass is 35.5. The lowest BCUT2D eigenvalue weighted by atomic mass is 10.1. The van der Waals surface area contributed by atoms with Gasteiger partial charge in [-0.1, -0.05) is 23.2 Å². The Morgan fingerprint density at radius 3 is 2.58 bits per heavy atom. The quantitative estimate of drug-likeness (QED) is 0.678. The standard InChI is InChI=1S/C17H16Cl2N2O3/c1-10-11(2)24-17(23-10,8-21-4-3-20-9-21)15-6-12-5-13(18)7-14(19)16(12)22-15/h3-7,9-11H,8H2,1-2H3. The molecule has 0 aliphatic carbocycles. The van der Waals surface area contributed by atoms with Crippen molar-refractivity contribution >= 4 is 34.2 Å². The fraction of sp³-hybridized carbons (Fsp3) is 0.353. The Bertz CT molecular complexity index is 865. The van der Waals surface area contributed by atoms with Crippen LogP contribution in [0.15, 0.2) is 41.3 Å². The number of hydrogen-bond acceptors (Lipinski definition) is 4. The van der Waals surface area contributed by atoms with E-state index in [2.05, 4.69) is 4.98 Å². The van der Waals surface area contributed by atoms with Crippen molar-refractivity contribution in [3.63, 3.8) is 0 Å². The number of benzene rings is 1. The molecule has 126 valence electrons. The average Bonchev–Trinajstić information content (AvgIpc) is 3.20. The molecule has 3 heterocycles. The van der Waals surface area contributed by atoms with E-state index in [0.717, 1.165) is 5.39 Å². The average molecular weight is 367 g/mol. The molecule has 0 bridgehead atoms. The third-order valence-electron chi connectivity index (χ3n) is 4.27. The van der Waals surface area contributed by atoms with Gasteiger partial charge in [0.05, 0.1) is 30.1 Å². The summed E-state index contributed by atoms with van der Waals surface area (Å²) in [6.07, 6.45) is 5.15. The summed E-state index contributed by atoms with van der Waals surface area (Å²) >= 11 is 12.3. The van der Waals surface area contributed by atoms with Gasteiger partial charge < -0.3 is 18.5 Å². The van der Waals surface area contributed by atoms with Gasteiger partial charge in [0.25, 0.3) is 0 Å². The van der Waals surface area contributed by atoms with E-state index in [1.807, 2.05) is 36.7 Å². The molecule has 7 heteroatoms. The molecule has 0 saturated carbocycles. The monoisotopic (exact) mass is 366 g/mol. The van der Waals surface area contributed by atoms with E-state index in [0.29, 0.717) is 27.9 Å². The van der Waals surface area contributed by atoms with Crippen molar-refractivity contribution in [1.82, 2.24) is 9.55 Å². The van der Waals surface area contributed by atoms with Crippen molar-refractivity contribution in [3.05, 3.63) is 52.7 Å². The van der Waals surface area contributed by atoms with Crippen molar-refractivity contribution in [1.29, 1.82) is 0 Å². The maximum Gasteiger partial charge on any atom is 0.247 e. The second kappa shape index (κ2) is 5.77. The fourth-order valence-corrected chi connectivity index (χ4v) is 3.52. The van der Waals surface area contributed by atoms with Gasteiger partial charge in [0.2, 0.25) is 5.79 Å². The molecular weight excluding hydrogens is 351 g/mol. The van der Waals surface area contributed by atoms with Crippen LogP contribution in [-0.2, 0) is 21.8 Å².